The summed E-state index contributed by atoms with van der Waals surface area (Å²) < 4.78 is 1.98. The molecule has 2 amide bonds. The summed E-state index contributed by atoms with van der Waals surface area (Å²) in [6.07, 6.45) is 4.10. The van der Waals surface area contributed by atoms with E-state index in [-0.39, 0.29) is 6.03 Å². The Morgan fingerprint density at radius 3 is 2.34 bits per heavy atom. The summed E-state index contributed by atoms with van der Waals surface area (Å²) in [6, 6.07) is 15.7. The lowest BCUT2D eigenvalue weighted by atomic mass is 10.0. The highest BCUT2D eigenvalue weighted by Crippen LogP contribution is 2.35. The molecule has 7 heteroatoms. The topological polar surface area (TPSA) is 76.2 Å². The fraction of sp³-hybridized carbons (Fsp3) is 0.286. The number of benzene rings is 3. The number of nitrogens with two attached hydrogens (primary N) is 1. The van der Waals surface area contributed by atoms with E-state index in [0.29, 0.717) is 35.8 Å². The summed E-state index contributed by atoms with van der Waals surface area (Å²) in [4.78, 5) is 20.0. The van der Waals surface area contributed by atoms with Crippen LogP contribution >= 0.6 is 11.6 Å². The van der Waals surface area contributed by atoms with Crippen LogP contribution in [0.5, 0.6) is 0 Å². The highest BCUT2D eigenvalue weighted by Gasteiger charge is 2.22. The number of imidazole rings is 1. The molecule has 0 aliphatic carbocycles. The van der Waals surface area contributed by atoms with Crippen molar-refractivity contribution in [1.29, 1.82) is 0 Å². The molecule has 0 fully saturated rings. The van der Waals surface area contributed by atoms with Gasteiger partial charge >= 0.3 is 6.03 Å². The van der Waals surface area contributed by atoms with Crippen LogP contribution in [-0.4, -0.2) is 15.6 Å². The smallest absolute Gasteiger partial charge is 0.326 e. The summed E-state index contributed by atoms with van der Waals surface area (Å²) >= 11 is 6.51. The van der Waals surface area contributed by atoms with Gasteiger partial charge in [0.15, 0.2) is 0 Å². The Hall–Kier alpha value is -3.51. The number of carbonyl (C=O) groups is 1. The van der Waals surface area contributed by atoms with Crippen molar-refractivity contribution in [3.8, 4) is 0 Å². The van der Waals surface area contributed by atoms with Crippen molar-refractivity contribution >= 4 is 45.7 Å². The molecule has 1 aromatic heterocycles. The number of carbonyl (C=O) groups excluding carboxylic acids is 1. The number of aryl methyl sites for hydroxylation is 2. The van der Waals surface area contributed by atoms with E-state index in [1.807, 2.05) is 55.8 Å². The van der Waals surface area contributed by atoms with Gasteiger partial charge in [0.25, 0.3) is 0 Å². The Kier molecular flexibility index (Phi) is 7.31. The molecule has 0 atom stereocenters. The molecular formula is C28H32ClN5O. The van der Waals surface area contributed by atoms with Crippen molar-refractivity contribution in [3.05, 3.63) is 82.1 Å². The molecule has 0 spiro atoms. The van der Waals surface area contributed by atoms with Gasteiger partial charge in [0.2, 0.25) is 0 Å². The van der Waals surface area contributed by atoms with Crippen LogP contribution in [-0.2, 0) is 32.9 Å². The Labute approximate surface area is 211 Å². The van der Waals surface area contributed by atoms with Gasteiger partial charge in [-0.2, -0.15) is 0 Å². The number of nitrogen functional groups attached to an aromatic ring is 1. The van der Waals surface area contributed by atoms with Crippen molar-refractivity contribution in [2.45, 2.75) is 46.6 Å². The molecule has 3 aromatic carbocycles. The van der Waals surface area contributed by atoms with E-state index in [2.05, 4.69) is 29.4 Å². The fourth-order valence-electron chi connectivity index (χ4n) is 4.46. The van der Waals surface area contributed by atoms with Gasteiger partial charge in [-0.3, -0.25) is 4.90 Å². The average Bonchev–Trinajstić information content (AvgIpc) is 3.22. The molecule has 0 radical (unpaired) electrons. The van der Waals surface area contributed by atoms with Crippen LogP contribution < -0.4 is 16.0 Å². The number of rotatable bonds is 7. The standard InChI is InChI=1S/C28H32ClN5O/c1-5-18-8-11-20(12-9-18)34(16-19-10-13-26-25(14-19)31-17-33(26)4)28(35)32-27-21(6-2)23(29)15-24(30)22(27)7-3/h8-15,17H,5-7,16,30H2,1-4H3,(H,32,35). The quantitative estimate of drug-likeness (QED) is 0.282. The molecule has 4 aromatic rings. The van der Waals surface area contributed by atoms with Gasteiger partial charge in [0.1, 0.15) is 0 Å². The highest BCUT2D eigenvalue weighted by atomic mass is 35.5. The van der Waals surface area contributed by atoms with Gasteiger partial charge in [-0.05, 0) is 71.8 Å². The van der Waals surface area contributed by atoms with E-state index in [4.69, 9.17) is 17.3 Å². The van der Waals surface area contributed by atoms with Gasteiger partial charge in [-0.25, -0.2) is 9.78 Å². The third-order valence-electron chi connectivity index (χ3n) is 6.49. The normalized spacial score (nSPS) is 11.1. The van der Waals surface area contributed by atoms with Crippen LogP contribution in [0.2, 0.25) is 5.02 Å². The zero-order valence-electron chi connectivity index (χ0n) is 20.7. The maximum Gasteiger partial charge on any atom is 0.326 e. The van der Waals surface area contributed by atoms with Crippen LogP contribution in [0.4, 0.5) is 21.9 Å². The molecule has 4 rings (SSSR count). The van der Waals surface area contributed by atoms with Crippen molar-refractivity contribution < 1.29 is 4.79 Å². The van der Waals surface area contributed by atoms with Crippen LogP contribution in [0.25, 0.3) is 11.0 Å². The fourth-order valence-corrected chi connectivity index (χ4v) is 4.81. The number of nitrogens with one attached hydrogen (secondary N) is 1. The van der Waals surface area contributed by atoms with E-state index in [1.54, 1.807) is 17.3 Å². The molecule has 1 heterocycles. The first kappa shape index (κ1) is 24.6. The van der Waals surface area contributed by atoms with Crippen molar-refractivity contribution in [1.82, 2.24) is 9.55 Å². The minimum Gasteiger partial charge on any atom is -0.398 e. The second kappa shape index (κ2) is 10.4. The van der Waals surface area contributed by atoms with Gasteiger partial charge in [-0.15, -0.1) is 0 Å². The average molecular weight is 490 g/mol. The van der Waals surface area contributed by atoms with E-state index in [1.165, 1.54) is 5.56 Å². The minimum absolute atomic E-state index is 0.235. The Morgan fingerprint density at radius 2 is 1.69 bits per heavy atom. The number of aromatic nitrogens is 2. The third-order valence-corrected chi connectivity index (χ3v) is 6.83. The van der Waals surface area contributed by atoms with Gasteiger partial charge in [-0.1, -0.05) is 50.6 Å². The summed E-state index contributed by atoms with van der Waals surface area (Å²) in [7, 11) is 1.97. The molecule has 0 saturated carbocycles. The SMILES string of the molecule is CCc1ccc(N(Cc2ccc3c(c2)ncn3C)C(=O)Nc2c(CC)c(N)cc(Cl)c2CC)cc1. The van der Waals surface area contributed by atoms with Gasteiger partial charge in [0, 0.05) is 23.4 Å². The Balaban J connectivity index is 1.73. The highest BCUT2D eigenvalue weighted by molar-refractivity contribution is 6.32. The van der Waals surface area contributed by atoms with Crippen molar-refractivity contribution in [2.24, 2.45) is 7.05 Å². The maximum absolute atomic E-state index is 13.8. The third kappa shape index (κ3) is 4.98. The lowest BCUT2D eigenvalue weighted by molar-refractivity contribution is 0.256. The first-order valence-electron chi connectivity index (χ1n) is 12.0. The minimum atomic E-state index is -0.235. The largest absolute Gasteiger partial charge is 0.398 e. The predicted molar refractivity (Wildman–Crippen MR) is 146 cm³/mol. The molecule has 0 unspecified atom stereocenters. The molecule has 0 aliphatic heterocycles. The molecule has 182 valence electrons. The second-order valence-corrected chi connectivity index (χ2v) is 9.11. The van der Waals surface area contributed by atoms with E-state index >= 15 is 0 Å². The molecule has 35 heavy (non-hydrogen) atoms. The van der Waals surface area contributed by atoms with Crippen molar-refractivity contribution in [2.75, 3.05) is 16.0 Å². The lowest BCUT2D eigenvalue weighted by Crippen LogP contribution is -2.35. The van der Waals surface area contributed by atoms with Crippen LogP contribution in [0, 0.1) is 0 Å². The molecular weight excluding hydrogens is 458 g/mol. The van der Waals surface area contributed by atoms with Crippen molar-refractivity contribution in [3.63, 3.8) is 0 Å². The zero-order valence-corrected chi connectivity index (χ0v) is 21.5. The van der Waals surface area contributed by atoms with Crippen LogP contribution in [0.3, 0.4) is 0 Å². The molecule has 0 bridgehead atoms. The number of anilines is 3. The lowest BCUT2D eigenvalue weighted by Gasteiger charge is -2.26. The summed E-state index contributed by atoms with van der Waals surface area (Å²) in [6.45, 7) is 6.56. The number of nitrogens with zero attached hydrogens (tertiary/aromatic N) is 3. The molecule has 0 saturated heterocycles. The molecule has 6 nitrogen and oxygen atoms in total. The number of hydrogen-bond donors (Lipinski definition) is 2. The number of fused-ring (bicyclic) bond motifs is 1. The second-order valence-electron chi connectivity index (χ2n) is 8.70. The Bertz CT molecular complexity index is 1330. The first-order valence-corrected chi connectivity index (χ1v) is 12.4. The number of urea groups is 1. The summed E-state index contributed by atoms with van der Waals surface area (Å²) in [5, 5.41) is 3.72. The van der Waals surface area contributed by atoms with E-state index < -0.39 is 0 Å². The number of hydrogen-bond acceptors (Lipinski definition) is 3. The van der Waals surface area contributed by atoms with Crippen LogP contribution in [0.15, 0.2) is 54.9 Å². The molecule has 3 N–H and O–H groups in total. The number of amides is 2. The van der Waals surface area contributed by atoms with Crippen LogP contribution in [0.1, 0.15) is 43.0 Å². The monoisotopic (exact) mass is 489 g/mol. The Morgan fingerprint density at radius 1 is 1.00 bits per heavy atom. The zero-order chi connectivity index (χ0) is 25.1. The summed E-state index contributed by atoms with van der Waals surface area (Å²) in [5.74, 6) is 0. The maximum atomic E-state index is 13.8. The molecule has 0 aliphatic rings. The van der Waals surface area contributed by atoms with Gasteiger partial charge in [0.05, 0.1) is 29.6 Å². The van der Waals surface area contributed by atoms with E-state index in [0.717, 1.165) is 39.8 Å². The summed E-state index contributed by atoms with van der Waals surface area (Å²) in [5.41, 5.74) is 14.3. The first-order chi connectivity index (χ1) is 16.9. The van der Waals surface area contributed by atoms with Gasteiger partial charge < -0.3 is 15.6 Å². The predicted octanol–water partition coefficient (Wildman–Crippen LogP) is 6.73. The number of halogens is 1. The van der Waals surface area contributed by atoms with E-state index in [9.17, 15) is 4.79 Å².